The molecule has 0 radical (unpaired) electrons. The van der Waals surface area contributed by atoms with Gasteiger partial charge in [-0.2, -0.15) is 18.2 Å². The molecule has 0 aliphatic rings. The van der Waals surface area contributed by atoms with Gasteiger partial charge in [0.15, 0.2) is 0 Å². The van der Waals surface area contributed by atoms with Crippen LogP contribution in [0.25, 0.3) is 17.1 Å². The third kappa shape index (κ3) is 3.24. The number of primary amides is 1. The van der Waals surface area contributed by atoms with E-state index in [2.05, 4.69) is 19.8 Å². The van der Waals surface area contributed by atoms with E-state index in [9.17, 15) is 22.2 Å². The molecule has 2 heterocycles. The van der Waals surface area contributed by atoms with Crippen molar-refractivity contribution in [2.75, 3.05) is 0 Å². The third-order valence-electron chi connectivity index (χ3n) is 3.08. The van der Waals surface area contributed by atoms with Crippen LogP contribution in [0, 0.1) is 0 Å². The fraction of sp³-hybridized carbons (Fsp3) is 0.0769. The Hall–Kier alpha value is -3.15. The fourth-order valence-electron chi connectivity index (χ4n) is 1.94. The maximum Gasteiger partial charge on any atom is 0.529 e. The third-order valence-corrected chi connectivity index (χ3v) is 3.54. The van der Waals surface area contributed by atoms with Crippen molar-refractivity contribution < 1.29 is 26.7 Å². The molecule has 0 spiro atoms. The number of benzene rings is 1. The van der Waals surface area contributed by atoms with Crippen LogP contribution < -0.4 is 5.73 Å². The Bertz CT molecular complexity index is 949. The smallest absolute Gasteiger partial charge is 0.365 e. The highest BCUT2D eigenvalue weighted by Crippen LogP contribution is 2.29. The number of aromatic nitrogens is 4. The first-order valence-electron chi connectivity index (χ1n) is 6.50. The van der Waals surface area contributed by atoms with Gasteiger partial charge in [0.2, 0.25) is 5.82 Å². The molecule has 0 saturated carbocycles. The summed E-state index contributed by atoms with van der Waals surface area (Å²) in [6.07, 6.45) is -3.44. The van der Waals surface area contributed by atoms with Crippen LogP contribution >= 0.6 is 0 Å². The normalized spacial score (nSPS) is 11.5. The van der Waals surface area contributed by atoms with Crippen LogP contribution in [0.5, 0.6) is 0 Å². The summed E-state index contributed by atoms with van der Waals surface area (Å²) in [4.78, 5) is 14.5. The van der Waals surface area contributed by atoms with Crippen LogP contribution in [0.1, 0.15) is 16.2 Å². The van der Waals surface area contributed by atoms with Gasteiger partial charge in [-0.3, -0.25) is 4.79 Å². The molecule has 1 amide bonds. The minimum absolute atomic E-state index is 0.0226. The quantitative estimate of drug-likeness (QED) is 0.700. The van der Waals surface area contributed by atoms with Crippen LogP contribution in [0.2, 0.25) is 0 Å². The van der Waals surface area contributed by atoms with Gasteiger partial charge in [-0.05, 0) is 24.3 Å². The molecule has 128 valence electrons. The monoisotopic (exact) mass is 370 g/mol. The number of hydrogen-bond acceptors (Lipinski definition) is 6. The standard InChI is InChI=1S/C13H6F3N5O3S/c14-13(15,16)12-18-10(20-24-12)6-1-3-7(4-2-6)21-5-8(9(17)22)11(19-21)25-23/h1-5H,(H-,17,22)/p+1. The first kappa shape index (κ1) is 16.7. The van der Waals surface area contributed by atoms with Gasteiger partial charge in [0.1, 0.15) is 5.56 Å². The molecule has 2 N–H and O–H groups in total. The van der Waals surface area contributed by atoms with Gasteiger partial charge in [0.05, 0.1) is 5.69 Å². The van der Waals surface area contributed by atoms with Gasteiger partial charge in [-0.1, -0.05) is 5.16 Å². The molecule has 0 atom stereocenters. The van der Waals surface area contributed by atoms with Crippen molar-refractivity contribution in [1.29, 1.82) is 0 Å². The van der Waals surface area contributed by atoms with E-state index in [4.69, 9.17) is 5.73 Å². The molecule has 3 aromatic rings. The Labute approximate surface area is 140 Å². The molecule has 12 heteroatoms. The van der Waals surface area contributed by atoms with Crippen LogP contribution in [-0.2, 0) is 22.1 Å². The maximum absolute atomic E-state index is 12.5. The SMILES string of the molecule is NC(=O)c1cn(-c2ccc(-c3noc(C(F)(F)F)n3)cc2)nc1[S+]=O. The Kier molecular flexibility index (Phi) is 4.04. The lowest BCUT2D eigenvalue weighted by atomic mass is 10.2. The zero-order chi connectivity index (χ0) is 18.2. The van der Waals surface area contributed by atoms with E-state index >= 15 is 0 Å². The molecule has 0 aliphatic carbocycles. The van der Waals surface area contributed by atoms with Crippen molar-refractivity contribution >= 4 is 17.6 Å². The van der Waals surface area contributed by atoms with Gasteiger partial charge >= 0.3 is 28.8 Å². The lowest BCUT2D eigenvalue weighted by molar-refractivity contribution is -0.159. The van der Waals surface area contributed by atoms with Gasteiger partial charge < -0.3 is 10.3 Å². The summed E-state index contributed by atoms with van der Waals surface area (Å²) < 4.78 is 53.8. The highest BCUT2D eigenvalue weighted by atomic mass is 32.1. The topological polar surface area (TPSA) is 117 Å². The highest BCUT2D eigenvalue weighted by molar-refractivity contribution is 7.65. The molecule has 1 aromatic carbocycles. The van der Waals surface area contributed by atoms with E-state index in [1.807, 2.05) is 0 Å². The van der Waals surface area contributed by atoms with Crippen molar-refractivity contribution in [3.63, 3.8) is 0 Å². The largest absolute Gasteiger partial charge is 0.529 e. The number of hydrogen-bond donors (Lipinski definition) is 1. The summed E-state index contributed by atoms with van der Waals surface area (Å²) in [5, 5.41) is 7.12. The molecule has 0 unspecified atom stereocenters. The Morgan fingerprint density at radius 2 is 1.92 bits per heavy atom. The summed E-state index contributed by atoms with van der Waals surface area (Å²) in [5.74, 6) is -2.47. The Balaban J connectivity index is 1.91. The summed E-state index contributed by atoms with van der Waals surface area (Å²) in [6, 6.07) is 5.87. The van der Waals surface area contributed by atoms with Crippen molar-refractivity contribution in [3.8, 4) is 17.1 Å². The van der Waals surface area contributed by atoms with Crippen LogP contribution in [0.3, 0.4) is 0 Å². The number of alkyl halides is 3. The van der Waals surface area contributed by atoms with Crippen LogP contribution in [0.4, 0.5) is 13.2 Å². The summed E-state index contributed by atoms with van der Waals surface area (Å²) in [6.45, 7) is 0. The second kappa shape index (κ2) is 6.05. The number of nitrogens with two attached hydrogens (primary N) is 1. The maximum atomic E-state index is 12.5. The van der Waals surface area contributed by atoms with Crippen molar-refractivity contribution in [2.45, 2.75) is 11.2 Å². The van der Waals surface area contributed by atoms with Gasteiger partial charge in [-0.25, -0.2) is 4.68 Å². The zero-order valence-corrected chi connectivity index (χ0v) is 12.8. The van der Waals surface area contributed by atoms with E-state index in [1.54, 1.807) is 0 Å². The molecule has 25 heavy (non-hydrogen) atoms. The first-order valence-corrected chi connectivity index (χ1v) is 7.25. The van der Waals surface area contributed by atoms with E-state index < -0.39 is 18.0 Å². The Morgan fingerprint density at radius 3 is 2.40 bits per heavy atom. The molecule has 0 fully saturated rings. The lowest BCUT2D eigenvalue weighted by Crippen LogP contribution is -2.11. The first-order chi connectivity index (χ1) is 11.8. The van der Waals surface area contributed by atoms with E-state index in [-0.39, 0.29) is 33.6 Å². The minimum atomic E-state index is -4.72. The fourth-order valence-corrected chi connectivity index (χ4v) is 2.30. The van der Waals surface area contributed by atoms with Gasteiger partial charge in [0.25, 0.3) is 5.91 Å². The number of amides is 1. The van der Waals surface area contributed by atoms with Gasteiger partial charge in [0, 0.05) is 16.0 Å². The summed E-state index contributed by atoms with van der Waals surface area (Å²) >= 11 is 0.0226. The van der Waals surface area contributed by atoms with E-state index in [1.165, 1.54) is 35.1 Å². The number of nitrogens with zero attached hydrogens (tertiary/aromatic N) is 4. The predicted molar refractivity (Wildman–Crippen MR) is 76.7 cm³/mol. The summed E-state index contributed by atoms with van der Waals surface area (Å²) in [7, 11) is 0. The minimum Gasteiger partial charge on any atom is -0.365 e. The molecule has 0 bridgehead atoms. The second-order valence-electron chi connectivity index (χ2n) is 4.71. The second-order valence-corrected chi connectivity index (χ2v) is 5.26. The molecule has 0 saturated heterocycles. The number of halogens is 3. The lowest BCUT2D eigenvalue weighted by Gasteiger charge is -2.01. The number of carbonyl (C=O) groups is 1. The van der Waals surface area contributed by atoms with Gasteiger partial charge in [-0.15, -0.1) is 5.10 Å². The van der Waals surface area contributed by atoms with Crippen LogP contribution in [0.15, 0.2) is 40.0 Å². The summed E-state index contributed by atoms with van der Waals surface area (Å²) in [5.41, 5.74) is 5.86. The van der Waals surface area contributed by atoms with E-state index in [0.29, 0.717) is 5.69 Å². The van der Waals surface area contributed by atoms with Crippen LogP contribution in [-0.4, -0.2) is 25.8 Å². The van der Waals surface area contributed by atoms with Crippen molar-refractivity contribution in [2.24, 2.45) is 5.73 Å². The molecule has 3 rings (SSSR count). The van der Waals surface area contributed by atoms with Crippen molar-refractivity contribution in [3.05, 3.63) is 41.9 Å². The molecular formula is C13H7F3N5O3S+. The molecule has 2 aromatic heterocycles. The Morgan fingerprint density at radius 1 is 1.24 bits per heavy atom. The molecule has 8 nitrogen and oxygen atoms in total. The number of carbonyl (C=O) groups excluding carboxylic acids is 1. The zero-order valence-electron chi connectivity index (χ0n) is 12.0. The predicted octanol–water partition coefficient (Wildman–Crippen LogP) is 1.83. The average molecular weight is 370 g/mol. The molecular weight excluding hydrogens is 363 g/mol. The van der Waals surface area contributed by atoms with E-state index in [0.717, 1.165) is 0 Å². The van der Waals surface area contributed by atoms with Crippen molar-refractivity contribution in [1.82, 2.24) is 19.9 Å². The highest BCUT2D eigenvalue weighted by Gasteiger charge is 2.38. The molecule has 0 aliphatic heterocycles. The average Bonchev–Trinajstić information content (AvgIpc) is 3.22. The number of rotatable bonds is 4.